The first-order valence-electron chi connectivity index (χ1n) is 17.8. The van der Waals surface area contributed by atoms with Crippen LogP contribution in [0.2, 0.25) is 36.3 Å². The summed E-state index contributed by atoms with van der Waals surface area (Å²) in [6.07, 6.45) is 7.55. The van der Waals surface area contributed by atoms with E-state index in [4.69, 9.17) is 8.85 Å². The molecule has 280 valence electrons. The predicted molar refractivity (Wildman–Crippen MR) is 212 cm³/mol. The molecule has 1 aromatic heterocycles. The van der Waals surface area contributed by atoms with E-state index in [-0.39, 0.29) is 28.2 Å². The number of thiazole rings is 1. The molecule has 0 spiro atoms. The van der Waals surface area contributed by atoms with Crippen LogP contribution in [-0.2, 0) is 18.4 Å². The summed E-state index contributed by atoms with van der Waals surface area (Å²) < 4.78 is 13.7. The number of carbonyl (C=O) groups is 2. The highest BCUT2D eigenvalue weighted by Gasteiger charge is 2.49. The van der Waals surface area contributed by atoms with Gasteiger partial charge in [-0.05, 0) is 87.4 Å². The van der Waals surface area contributed by atoms with Gasteiger partial charge in [0.25, 0.3) is 0 Å². The molecule has 0 saturated heterocycles. The van der Waals surface area contributed by atoms with Gasteiger partial charge < -0.3 is 19.1 Å². The molecule has 49 heavy (non-hydrogen) atoms. The number of carbonyl (C=O) groups excluding carboxylic acids is 1. The van der Waals surface area contributed by atoms with Crippen LogP contribution < -0.4 is 0 Å². The summed E-state index contributed by atoms with van der Waals surface area (Å²) in [6.45, 7) is 35.2. The highest BCUT2D eigenvalue weighted by molar-refractivity contribution is 7.09. The largest absolute Gasteiger partial charge is 0.481 e. The van der Waals surface area contributed by atoms with E-state index in [0.717, 1.165) is 21.8 Å². The van der Waals surface area contributed by atoms with Crippen molar-refractivity contribution in [2.24, 2.45) is 17.3 Å². The maximum Gasteiger partial charge on any atom is 0.305 e. The van der Waals surface area contributed by atoms with Gasteiger partial charge in [-0.2, -0.15) is 0 Å². The van der Waals surface area contributed by atoms with Crippen molar-refractivity contribution in [3.63, 3.8) is 0 Å². The molecule has 1 aromatic rings. The molecule has 10 heteroatoms. The Balaban J connectivity index is 3.30. The summed E-state index contributed by atoms with van der Waals surface area (Å²) >= 11 is 1.60. The molecule has 1 heterocycles. The van der Waals surface area contributed by atoms with Crippen LogP contribution in [0.15, 0.2) is 34.8 Å². The second-order valence-electron chi connectivity index (χ2n) is 17.7. The summed E-state index contributed by atoms with van der Waals surface area (Å²) in [7, 11) is -4.67. The SMILES string of the molecule is C/C(=C\C[C@H](O)/C(C)=C/c1csc(C)n1)C/C=C/[C@H](C)[C@H](O[Si](C)(C)C(C)(C)C)[C@@H](C)C(=O)C(C)(C)[C@H](CC(=O)O)O[Si](C)(C)C(C)(C)C. The van der Waals surface area contributed by atoms with Gasteiger partial charge in [0.15, 0.2) is 16.6 Å². The molecule has 0 bridgehead atoms. The number of hydrogen-bond donors (Lipinski definition) is 2. The second-order valence-corrected chi connectivity index (χ2v) is 28.2. The van der Waals surface area contributed by atoms with Crippen LogP contribution in [0.5, 0.6) is 0 Å². The summed E-state index contributed by atoms with van der Waals surface area (Å²) in [6, 6.07) is 0. The van der Waals surface area contributed by atoms with Gasteiger partial charge in [0, 0.05) is 16.7 Å². The van der Waals surface area contributed by atoms with Gasteiger partial charge >= 0.3 is 5.97 Å². The number of aliphatic carboxylic acids is 1. The van der Waals surface area contributed by atoms with Gasteiger partial charge in [-0.1, -0.05) is 93.0 Å². The second kappa shape index (κ2) is 17.7. The summed E-state index contributed by atoms with van der Waals surface area (Å²) in [5.74, 6) is -1.58. The Morgan fingerprint density at radius 1 is 0.959 bits per heavy atom. The van der Waals surface area contributed by atoms with Gasteiger partial charge in [0.1, 0.15) is 5.78 Å². The zero-order valence-corrected chi connectivity index (χ0v) is 36.6. The Hall–Kier alpha value is -1.70. The zero-order valence-electron chi connectivity index (χ0n) is 33.8. The number of carboxylic acids is 1. The number of aliphatic hydroxyl groups excluding tert-OH is 1. The van der Waals surface area contributed by atoms with Crippen LogP contribution in [0.1, 0.15) is 113 Å². The fourth-order valence-corrected chi connectivity index (χ4v) is 8.61. The first-order valence-corrected chi connectivity index (χ1v) is 24.5. The molecule has 0 aromatic carbocycles. The van der Waals surface area contributed by atoms with E-state index in [1.165, 1.54) is 0 Å². The normalized spacial score (nSPS) is 17.6. The van der Waals surface area contributed by atoms with Crippen LogP contribution in [-0.4, -0.2) is 61.9 Å². The van der Waals surface area contributed by atoms with E-state index >= 15 is 0 Å². The number of nitrogens with zero attached hydrogens (tertiary/aromatic N) is 1. The molecule has 0 aliphatic carbocycles. The number of allylic oxidation sites excluding steroid dienone is 2. The average Bonchev–Trinajstić information content (AvgIpc) is 3.35. The van der Waals surface area contributed by atoms with Crippen LogP contribution >= 0.6 is 11.3 Å². The van der Waals surface area contributed by atoms with Crippen molar-refractivity contribution in [3.05, 3.63) is 45.5 Å². The fourth-order valence-electron chi connectivity index (χ4n) is 5.15. The lowest BCUT2D eigenvalue weighted by Gasteiger charge is -2.46. The highest BCUT2D eigenvalue weighted by Crippen LogP contribution is 2.43. The Morgan fingerprint density at radius 2 is 1.49 bits per heavy atom. The van der Waals surface area contributed by atoms with E-state index in [1.54, 1.807) is 11.3 Å². The number of aliphatic hydroxyl groups is 1. The van der Waals surface area contributed by atoms with Crippen molar-refractivity contribution in [1.29, 1.82) is 0 Å². The smallest absolute Gasteiger partial charge is 0.305 e. The molecule has 0 saturated carbocycles. The number of ketones is 1. The highest BCUT2D eigenvalue weighted by atomic mass is 32.1. The maximum atomic E-state index is 14.5. The molecule has 0 aliphatic rings. The van der Waals surface area contributed by atoms with Crippen molar-refractivity contribution in [2.45, 2.75) is 164 Å². The Morgan fingerprint density at radius 3 is 1.96 bits per heavy atom. The van der Waals surface area contributed by atoms with Gasteiger partial charge in [-0.15, -0.1) is 11.3 Å². The molecule has 0 amide bonds. The first kappa shape index (κ1) is 45.3. The minimum atomic E-state index is -2.38. The van der Waals surface area contributed by atoms with Crippen molar-refractivity contribution < 1.29 is 28.7 Å². The molecule has 0 unspecified atom stereocenters. The monoisotopic (exact) mass is 735 g/mol. The van der Waals surface area contributed by atoms with E-state index in [2.05, 4.69) is 105 Å². The van der Waals surface area contributed by atoms with Crippen molar-refractivity contribution in [2.75, 3.05) is 0 Å². The zero-order chi connectivity index (χ0) is 38.3. The van der Waals surface area contributed by atoms with Gasteiger partial charge in [-0.3, -0.25) is 9.59 Å². The van der Waals surface area contributed by atoms with Gasteiger partial charge in [-0.25, -0.2) is 4.98 Å². The number of aromatic nitrogens is 1. The molecule has 0 fully saturated rings. The lowest BCUT2D eigenvalue weighted by Crippen LogP contribution is -2.54. The number of Topliss-reactive ketones (excluding diaryl/α,β-unsaturated/α-hetero) is 1. The summed E-state index contributed by atoms with van der Waals surface area (Å²) in [5.41, 5.74) is 1.86. The Kier molecular flexibility index (Phi) is 16.4. The van der Waals surface area contributed by atoms with E-state index < -0.39 is 52.2 Å². The third-order valence-corrected chi connectivity index (χ3v) is 20.6. The molecule has 0 aliphatic heterocycles. The quantitative estimate of drug-likeness (QED) is 0.114. The van der Waals surface area contributed by atoms with Crippen LogP contribution in [0.25, 0.3) is 6.08 Å². The van der Waals surface area contributed by atoms with E-state index in [1.807, 2.05) is 46.1 Å². The lowest BCUT2D eigenvalue weighted by atomic mass is 9.73. The van der Waals surface area contributed by atoms with Gasteiger partial charge in [0.05, 0.1) is 35.4 Å². The number of hydrogen-bond acceptors (Lipinski definition) is 7. The minimum Gasteiger partial charge on any atom is -0.481 e. The predicted octanol–water partition coefficient (Wildman–Crippen LogP) is 10.6. The standard InChI is InChI=1S/C39H69NO6SSi2/c1-26(21-22-32(41)28(3)23-31-25-47-30(5)40-31)19-18-20-27(2)35(46-49(16,17)38(9,10)11)29(4)36(44)39(12,13)33(24-34(42)43)45-48(14,15)37(6,7)8/h18,20-21,23,25,27,29,32-33,35,41H,19,22,24H2,1-17H3,(H,42,43)/b20-18+,26-21+,28-23+/t27-,29+,32-,33-,35-/m0/s1. The third kappa shape index (κ3) is 13.4. The van der Waals surface area contributed by atoms with E-state index in [9.17, 15) is 19.8 Å². The molecule has 0 radical (unpaired) electrons. The molecular formula is C39H69NO6SSi2. The fraction of sp³-hybridized carbons (Fsp3) is 0.718. The van der Waals surface area contributed by atoms with Crippen LogP contribution in [0, 0.1) is 24.2 Å². The molecule has 2 N–H and O–H groups in total. The lowest BCUT2D eigenvalue weighted by molar-refractivity contribution is -0.146. The van der Waals surface area contributed by atoms with Crippen molar-refractivity contribution >= 4 is 45.8 Å². The van der Waals surface area contributed by atoms with Gasteiger partial charge in [0.2, 0.25) is 0 Å². The minimum absolute atomic E-state index is 0.0391. The Bertz CT molecular complexity index is 1350. The topological polar surface area (TPSA) is 106 Å². The number of rotatable bonds is 18. The third-order valence-electron chi connectivity index (χ3n) is 10.8. The Labute approximate surface area is 305 Å². The number of carboxylic acid groups (broad SMARTS) is 1. The molecule has 5 atom stereocenters. The van der Waals surface area contributed by atoms with Crippen LogP contribution in [0.3, 0.4) is 0 Å². The molecule has 1 rings (SSSR count). The van der Waals surface area contributed by atoms with Crippen LogP contribution in [0.4, 0.5) is 0 Å². The number of aryl methyl sites for hydroxylation is 1. The van der Waals surface area contributed by atoms with Crippen molar-refractivity contribution in [3.8, 4) is 0 Å². The summed E-state index contributed by atoms with van der Waals surface area (Å²) in [5, 5.41) is 23.4. The van der Waals surface area contributed by atoms with Crippen molar-refractivity contribution in [1.82, 2.24) is 4.98 Å². The average molecular weight is 736 g/mol. The van der Waals surface area contributed by atoms with E-state index in [0.29, 0.717) is 12.8 Å². The molecular weight excluding hydrogens is 667 g/mol. The summed E-state index contributed by atoms with van der Waals surface area (Å²) in [4.78, 5) is 31.0. The first-order chi connectivity index (χ1) is 22.0. The molecule has 7 nitrogen and oxygen atoms in total. The maximum absolute atomic E-state index is 14.5.